The fourth-order valence-electron chi connectivity index (χ4n) is 0.416. The number of hydrogen-bond acceptors (Lipinski definition) is 4. The first-order chi connectivity index (χ1) is 5.28. The number of esters is 1. The number of rotatable bonds is 3. The molecule has 0 aromatic rings. The summed E-state index contributed by atoms with van der Waals surface area (Å²) in [6.07, 6.45) is -0.441. The van der Waals surface area contributed by atoms with Crippen LogP contribution in [0.25, 0.3) is 0 Å². The molecule has 2 N–H and O–H groups in total. The van der Waals surface area contributed by atoms with Crippen molar-refractivity contribution >= 4 is 11.9 Å². The van der Waals surface area contributed by atoms with E-state index in [-0.39, 0.29) is 0 Å². The number of aliphatic hydroxyl groups is 1. The summed E-state index contributed by atoms with van der Waals surface area (Å²) in [4.78, 5) is 21.2. The van der Waals surface area contributed by atoms with Gasteiger partial charge in [0.25, 0.3) is 5.60 Å². The van der Waals surface area contributed by atoms with Crippen LogP contribution < -0.4 is 0 Å². The Morgan fingerprint density at radius 1 is 1.42 bits per heavy atom. The molecule has 0 amide bonds. The number of aliphatic carboxylic acids is 1. The van der Waals surface area contributed by atoms with Crippen LogP contribution in [0.3, 0.4) is 0 Å². The lowest BCUT2D eigenvalue weighted by Crippen LogP contribution is -2.45. The van der Waals surface area contributed by atoms with Crippen molar-refractivity contribution in [2.45, 2.75) is 32.5 Å². The van der Waals surface area contributed by atoms with Crippen molar-refractivity contribution in [3.63, 3.8) is 0 Å². The van der Waals surface area contributed by atoms with Gasteiger partial charge in [-0.25, -0.2) is 9.59 Å². The highest BCUT2D eigenvalue weighted by atomic mass is 16.6. The van der Waals surface area contributed by atoms with Gasteiger partial charge in [0.1, 0.15) is 0 Å². The van der Waals surface area contributed by atoms with Gasteiger partial charge in [-0.3, -0.25) is 0 Å². The number of carbonyl (C=O) groups is 2. The molecule has 0 saturated carbocycles. The van der Waals surface area contributed by atoms with Crippen LogP contribution in [0.5, 0.6) is 0 Å². The van der Waals surface area contributed by atoms with E-state index in [2.05, 4.69) is 4.74 Å². The predicted molar refractivity (Wildman–Crippen MR) is 39.5 cm³/mol. The number of carbonyl (C=O) groups excluding carboxylic acids is 1. The molecule has 70 valence electrons. The maximum Gasteiger partial charge on any atom is 0.349 e. The monoisotopic (exact) mass is 176 g/mol. The normalized spacial score (nSPS) is 15.4. The van der Waals surface area contributed by atoms with E-state index in [0.29, 0.717) is 0 Å². The summed E-state index contributed by atoms with van der Waals surface area (Å²) in [5.74, 6) is -2.77. The maximum absolute atomic E-state index is 10.9. The minimum atomic E-state index is -2.45. The highest BCUT2D eigenvalue weighted by Gasteiger charge is 2.41. The van der Waals surface area contributed by atoms with E-state index < -0.39 is 23.6 Å². The number of carboxylic acid groups (broad SMARTS) is 1. The van der Waals surface area contributed by atoms with Crippen molar-refractivity contribution in [3.8, 4) is 0 Å². The largest absolute Gasteiger partial charge is 0.479 e. The smallest absolute Gasteiger partial charge is 0.349 e. The molecule has 0 spiro atoms. The fraction of sp³-hybridized carbons (Fsp3) is 0.714. The maximum atomic E-state index is 10.9. The minimum absolute atomic E-state index is 0.441. The Hall–Kier alpha value is -1.10. The Balaban J connectivity index is 4.36. The van der Waals surface area contributed by atoms with E-state index in [4.69, 9.17) is 10.2 Å². The van der Waals surface area contributed by atoms with Crippen molar-refractivity contribution in [2.24, 2.45) is 0 Å². The molecule has 12 heavy (non-hydrogen) atoms. The Kier molecular flexibility index (Phi) is 3.21. The molecule has 0 heterocycles. The average molecular weight is 176 g/mol. The van der Waals surface area contributed by atoms with Gasteiger partial charge in [0.05, 0.1) is 6.10 Å². The molecule has 5 nitrogen and oxygen atoms in total. The van der Waals surface area contributed by atoms with E-state index in [9.17, 15) is 9.59 Å². The third kappa shape index (κ3) is 2.50. The topological polar surface area (TPSA) is 83.8 Å². The third-order valence-electron chi connectivity index (χ3n) is 1.16. The molecule has 0 fully saturated rings. The molecule has 0 saturated heterocycles. The van der Waals surface area contributed by atoms with Crippen LogP contribution in [0.2, 0.25) is 0 Å². The van der Waals surface area contributed by atoms with Crippen LogP contribution in [-0.2, 0) is 14.3 Å². The van der Waals surface area contributed by atoms with Gasteiger partial charge in [0, 0.05) is 0 Å². The molecule has 0 aromatic heterocycles. The van der Waals surface area contributed by atoms with E-state index in [1.54, 1.807) is 13.8 Å². The molecule has 1 atom stereocenters. The van der Waals surface area contributed by atoms with Gasteiger partial charge in [-0.1, -0.05) is 0 Å². The molecule has 0 aromatic carbocycles. The van der Waals surface area contributed by atoms with Gasteiger partial charge in [-0.2, -0.15) is 0 Å². The molecule has 0 aliphatic carbocycles. The molecular weight excluding hydrogens is 164 g/mol. The third-order valence-corrected chi connectivity index (χ3v) is 1.16. The number of ether oxygens (including phenoxy) is 1. The predicted octanol–water partition coefficient (Wildman–Crippen LogP) is -0.226. The quantitative estimate of drug-likeness (QED) is 0.458. The standard InChI is InChI=1S/C7H12O5/c1-4(2)12-6(10)7(3,11)5(8)9/h4,11H,1-3H3,(H,8,9). The number of carboxylic acids is 1. The van der Waals surface area contributed by atoms with Crippen LogP contribution in [0.1, 0.15) is 20.8 Å². The first kappa shape index (κ1) is 10.9. The van der Waals surface area contributed by atoms with Crippen LogP contribution in [-0.4, -0.2) is 33.9 Å². The second kappa shape index (κ2) is 3.53. The zero-order valence-electron chi connectivity index (χ0n) is 7.20. The van der Waals surface area contributed by atoms with Crippen LogP contribution in [0, 0.1) is 0 Å². The summed E-state index contributed by atoms with van der Waals surface area (Å²) in [7, 11) is 0. The molecule has 0 bridgehead atoms. The Morgan fingerprint density at radius 3 is 2.08 bits per heavy atom. The lowest BCUT2D eigenvalue weighted by molar-refractivity contribution is -0.180. The van der Waals surface area contributed by atoms with Gasteiger partial charge >= 0.3 is 11.9 Å². The lowest BCUT2D eigenvalue weighted by Gasteiger charge is -2.17. The van der Waals surface area contributed by atoms with Crippen molar-refractivity contribution in [2.75, 3.05) is 0 Å². The van der Waals surface area contributed by atoms with E-state index in [1.165, 1.54) is 0 Å². The summed E-state index contributed by atoms with van der Waals surface area (Å²) >= 11 is 0. The summed E-state index contributed by atoms with van der Waals surface area (Å²) < 4.78 is 4.51. The van der Waals surface area contributed by atoms with Crippen LogP contribution >= 0.6 is 0 Å². The zero-order valence-corrected chi connectivity index (χ0v) is 7.20. The molecule has 1 unspecified atom stereocenters. The lowest BCUT2D eigenvalue weighted by atomic mass is 10.1. The second-order valence-corrected chi connectivity index (χ2v) is 2.83. The van der Waals surface area contributed by atoms with Gasteiger partial charge < -0.3 is 14.9 Å². The fourth-order valence-corrected chi connectivity index (χ4v) is 0.416. The van der Waals surface area contributed by atoms with Gasteiger partial charge in [-0.05, 0) is 20.8 Å². The highest BCUT2D eigenvalue weighted by molar-refractivity contribution is 6.01. The highest BCUT2D eigenvalue weighted by Crippen LogP contribution is 2.07. The molecule has 0 aliphatic heterocycles. The minimum Gasteiger partial charge on any atom is -0.479 e. The Labute approximate surface area is 70.0 Å². The van der Waals surface area contributed by atoms with E-state index in [0.717, 1.165) is 6.92 Å². The second-order valence-electron chi connectivity index (χ2n) is 2.83. The molecule has 0 rings (SSSR count). The zero-order chi connectivity index (χ0) is 9.94. The van der Waals surface area contributed by atoms with Crippen molar-refractivity contribution < 1.29 is 24.5 Å². The summed E-state index contributed by atoms with van der Waals surface area (Å²) in [5, 5.41) is 17.4. The van der Waals surface area contributed by atoms with Crippen LogP contribution in [0.15, 0.2) is 0 Å². The van der Waals surface area contributed by atoms with Gasteiger partial charge in [0.15, 0.2) is 0 Å². The van der Waals surface area contributed by atoms with Crippen LogP contribution in [0.4, 0.5) is 0 Å². The van der Waals surface area contributed by atoms with Crippen molar-refractivity contribution in [1.82, 2.24) is 0 Å². The summed E-state index contributed by atoms with van der Waals surface area (Å²) in [6, 6.07) is 0. The van der Waals surface area contributed by atoms with E-state index in [1.807, 2.05) is 0 Å². The first-order valence-corrected chi connectivity index (χ1v) is 3.45. The van der Waals surface area contributed by atoms with Crippen molar-refractivity contribution in [1.29, 1.82) is 0 Å². The average Bonchev–Trinajstić information content (AvgIpc) is 1.85. The van der Waals surface area contributed by atoms with E-state index >= 15 is 0 Å². The Bertz CT molecular complexity index is 194. The molecular formula is C7H12O5. The molecule has 0 aliphatic rings. The Morgan fingerprint density at radius 2 is 1.83 bits per heavy atom. The molecule has 5 heteroatoms. The van der Waals surface area contributed by atoms with Crippen molar-refractivity contribution in [3.05, 3.63) is 0 Å². The van der Waals surface area contributed by atoms with Gasteiger partial charge in [0.2, 0.25) is 0 Å². The number of hydrogen-bond donors (Lipinski definition) is 2. The SMILES string of the molecule is CC(C)OC(=O)C(C)(O)C(=O)O. The van der Waals surface area contributed by atoms with Gasteiger partial charge in [-0.15, -0.1) is 0 Å². The summed E-state index contributed by atoms with van der Waals surface area (Å²) in [6.45, 7) is 4.01. The first-order valence-electron chi connectivity index (χ1n) is 3.45. The summed E-state index contributed by atoms with van der Waals surface area (Å²) in [5.41, 5.74) is -2.45. The molecule has 0 radical (unpaired) electrons.